The number of hydrogen-bond acceptors (Lipinski definition) is 3. The van der Waals surface area contributed by atoms with Crippen LogP contribution in [0.15, 0.2) is 42.5 Å². The van der Waals surface area contributed by atoms with Gasteiger partial charge in [0.15, 0.2) is 0 Å². The molecule has 0 unspecified atom stereocenters. The van der Waals surface area contributed by atoms with Gasteiger partial charge in [-0.3, -0.25) is 0 Å². The lowest BCUT2D eigenvalue weighted by Gasteiger charge is -2.00. The van der Waals surface area contributed by atoms with Gasteiger partial charge in [-0.2, -0.15) is 0 Å². The molecular formula is C11H7ClO2S. The highest BCUT2D eigenvalue weighted by molar-refractivity contribution is 7.17. The summed E-state index contributed by atoms with van der Waals surface area (Å²) in [7, 11) is 0. The van der Waals surface area contributed by atoms with E-state index in [-0.39, 0.29) is 5.97 Å². The van der Waals surface area contributed by atoms with E-state index in [1.165, 1.54) is 11.3 Å². The topological polar surface area (TPSA) is 26.3 Å². The predicted octanol–water partition coefficient (Wildman–Crippen LogP) is 3.62. The Morgan fingerprint density at radius 1 is 1.13 bits per heavy atom. The molecule has 0 saturated carbocycles. The van der Waals surface area contributed by atoms with Crippen molar-refractivity contribution in [3.8, 4) is 5.75 Å². The number of carbonyl (C=O) groups excluding carboxylic acids is 1. The third-order valence-electron chi connectivity index (χ3n) is 1.73. The zero-order valence-electron chi connectivity index (χ0n) is 7.64. The third kappa shape index (κ3) is 2.58. The molecule has 0 amide bonds. The molecule has 0 bridgehead atoms. The molecule has 0 aliphatic rings. The summed E-state index contributed by atoms with van der Waals surface area (Å²) in [5.41, 5.74) is 0. The van der Waals surface area contributed by atoms with E-state index in [1.807, 2.05) is 18.2 Å². The lowest BCUT2D eigenvalue weighted by Crippen LogP contribution is -2.05. The Morgan fingerprint density at radius 2 is 1.87 bits per heavy atom. The maximum atomic E-state index is 11.6. The van der Waals surface area contributed by atoms with E-state index >= 15 is 0 Å². The first-order chi connectivity index (χ1) is 7.25. The molecule has 1 aromatic carbocycles. The van der Waals surface area contributed by atoms with Crippen molar-refractivity contribution in [3.05, 3.63) is 51.7 Å². The van der Waals surface area contributed by atoms with E-state index in [1.54, 1.807) is 24.3 Å². The van der Waals surface area contributed by atoms with E-state index in [2.05, 4.69) is 0 Å². The molecule has 1 aromatic heterocycles. The highest BCUT2D eigenvalue weighted by atomic mass is 35.5. The van der Waals surface area contributed by atoms with Crippen LogP contribution in [-0.4, -0.2) is 5.97 Å². The van der Waals surface area contributed by atoms with Crippen molar-refractivity contribution >= 4 is 28.9 Å². The molecule has 0 aliphatic carbocycles. The van der Waals surface area contributed by atoms with Gasteiger partial charge < -0.3 is 4.74 Å². The molecule has 15 heavy (non-hydrogen) atoms. The van der Waals surface area contributed by atoms with E-state index < -0.39 is 0 Å². The number of thiophene rings is 1. The van der Waals surface area contributed by atoms with Gasteiger partial charge in [0.2, 0.25) is 0 Å². The van der Waals surface area contributed by atoms with Gasteiger partial charge in [0.1, 0.15) is 10.6 Å². The molecule has 2 nitrogen and oxygen atoms in total. The van der Waals surface area contributed by atoms with E-state index in [9.17, 15) is 4.79 Å². The maximum Gasteiger partial charge on any atom is 0.353 e. The summed E-state index contributed by atoms with van der Waals surface area (Å²) in [6, 6.07) is 12.3. The first-order valence-corrected chi connectivity index (χ1v) is 5.48. The highest BCUT2D eigenvalue weighted by Crippen LogP contribution is 2.22. The fraction of sp³-hybridized carbons (Fsp3) is 0. The van der Waals surface area contributed by atoms with Crippen molar-refractivity contribution in [1.29, 1.82) is 0 Å². The quantitative estimate of drug-likeness (QED) is 0.590. The first-order valence-electron chi connectivity index (χ1n) is 4.28. The monoisotopic (exact) mass is 238 g/mol. The molecule has 0 spiro atoms. The second kappa shape index (κ2) is 4.47. The van der Waals surface area contributed by atoms with Gasteiger partial charge in [-0.15, -0.1) is 11.3 Å². The SMILES string of the molecule is O=C(Oc1ccccc1)c1ccc(Cl)s1. The van der Waals surface area contributed by atoms with Crippen molar-refractivity contribution in [2.75, 3.05) is 0 Å². The second-order valence-corrected chi connectivity index (χ2v) is 4.52. The standard InChI is InChI=1S/C11H7ClO2S/c12-10-7-6-9(15-10)11(13)14-8-4-2-1-3-5-8/h1-7H. The average Bonchev–Trinajstić information content (AvgIpc) is 2.66. The highest BCUT2D eigenvalue weighted by Gasteiger charge is 2.10. The fourth-order valence-corrected chi connectivity index (χ4v) is 1.99. The largest absolute Gasteiger partial charge is 0.422 e. The van der Waals surface area contributed by atoms with Crippen molar-refractivity contribution in [2.45, 2.75) is 0 Å². The van der Waals surface area contributed by atoms with Crippen LogP contribution in [-0.2, 0) is 0 Å². The zero-order chi connectivity index (χ0) is 10.7. The van der Waals surface area contributed by atoms with Crippen LogP contribution >= 0.6 is 22.9 Å². The molecule has 0 saturated heterocycles. The number of para-hydroxylation sites is 1. The Kier molecular flexibility index (Phi) is 3.04. The number of esters is 1. The van der Waals surface area contributed by atoms with Gasteiger partial charge in [0.25, 0.3) is 0 Å². The molecule has 0 fully saturated rings. The molecule has 0 radical (unpaired) electrons. The van der Waals surface area contributed by atoms with Crippen molar-refractivity contribution in [3.63, 3.8) is 0 Å². The third-order valence-corrected chi connectivity index (χ3v) is 2.94. The Balaban J connectivity index is 2.11. The summed E-state index contributed by atoms with van der Waals surface area (Å²) in [5, 5.41) is 0. The van der Waals surface area contributed by atoms with Gasteiger partial charge in [0, 0.05) is 0 Å². The van der Waals surface area contributed by atoms with Crippen LogP contribution in [0.1, 0.15) is 9.67 Å². The van der Waals surface area contributed by atoms with Gasteiger partial charge in [-0.1, -0.05) is 29.8 Å². The second-order valence-electron chi connectivity index (χ2n) is 2.81. The predicted molar refractivity (Wildman–Crippen MR) is 60.7 cm³/mol. The fourth-order valence-electron chi connectivity index (χ4n) is 1.07. The van der Waals surface area contributed by atoms with Crippen LogP contribution in [0.2, 0.25) is 4.34 Å². The van der Waals surface area contributed by atoms with E-state index in [4.69, 9.17) is 16.3 Å². The van der Waals surface area contributed by atoms with Gasteiger partial charge >= 0.3 is 5.97 Å². The van der Waals surface area contributed by atoms with Crippen molar-refractivity contribution in [2.24, 2.45) is 0 Å². The summed E-state index contributed by atoms with van der Waals surface area (Å²) in [6.45, 7) is 0. The summed E-state index contributed by atoms with van der Waals surface area (Å²) in [6.07, 6.45) is 0. The molecule has 76 valence electrons. The van der Waals surface area contributed by atoms with Gasteiger partial charge in [-0.25, -0.2) is 4.79 Å². The molecule has 2 rings (SSSR count). The average molecular weight is 239 g/mol. The lowest BCUT2D eigenvalue weighted by molar-refractivity contribution is 0.0740. The van der Waals surface area contributed by atoms with Crippen molar-refractivity contribution < 1.29 is 9.53 Å². The Hall–Kier alpha value is -1.32. The lowest BCUT2D eigenvalue weighted by atomic mass is 10.3. The van der Waals surface area contributed by atoms with Crippen LogP contribution in [0.25, 0.3) is 0 Å². The van der Waals surface area contributed by atoms with E-state index in [0.29, 0.717) is 15.0 Å². The maximum absolute atomic E-state index is 11.6. The van der Waals surface area contributed by atoms with Crippen LogP contribution < -0.4 is 4.74 Å². The van der Waals surface area contributed by atoms with E-state index in [0.717, 1.165) is 0 Å². The first kappa shape index (κ1) is 10.2. The number of ether oxygens (including phenoxy) is 1. The van der Waals surface area contributed by atoms with Crippen LogP contribution in [0, 0.1) is 0 Å². The van der Waals surface area contributed by atoms with Crippen molar-refractivity contribution in [1.82, 2.24) is 0 Å². The zero-order valence-corrected chi connectivity index (χ0v) is 9.22. The number of benzene rings is 1. The number of rotatable bonds is 2. The minimum Gasteiger partial charge on any atom is -0.422 e. The number of hydrogen-bond donors (Lipinski definition) is 0. The Bertz CT molecular complexity index is 464. The molecule has 0 N–H and O–H groups in total. The molecule has 2 aromatic rings. The van der Waals surface area contributed by atoms with Crippen LogP contribution in [0.4, 0.5) is 0 Å². The molecule has 1 heterocycles. The molecule has 0 aliphatic heterocycles. The van der Waals surface area contributed by atoms with Gasteiger partial charge in [-0.05, 0) is 24.3 Å². The minimum atomic E-state index is -0.377. The normalized spacial score (nSPS) is 9.93. The summed E-state index contributed by atoms with van der Waals surface area (Å²) in [4.78, 5) is 12.1. The number of carbonyl (C=O) groups is 1. The molecule has 0 atom stereocenters. The smallest absolute Gasteiger partial charge is 0.353 e. The molecular weight excluding hydrogens is 232 g/mol. The Labute approximate surface area is 96.1 Å². The minimum absolute atomic E-state index is 0.377. The van der Waals surface area contributed by atoms with Gasteiger partial charge in [0.05, 0.1) is 4.34 Å². The van der Waals surface area contributed by atoms with Crippen LogP contribution in [0.3, 0.4) is 0 Å². The summed E-state index contributed by atoms with van der Waals surface area (Å²) >= 11 is 6.92. The molecule has 4 heteroatoms. The Morgan fingerprint density at radius 3 is 2.47 bits per heavy atom. The van der Waals surface area contributed by atoms with Crippen LogP contribution in [0.5, 0.6) is 5.75 Å². The number of halogens is 1. The summed E-state index contributed by atoms with van der Waals surface area (Å²) < 4.78 is 5.71. The summed E-state index contributed by atoms with van der Waals surface area (Å²) in [5.74, 6) is 0.158.